The summed E-state index contributed by atoms with van der Waals surface area (Å²) in [6, 6.07) is 12.8. The number of methoxy groups -OCH3 is 1. The standard InChI is InChI=1S/C26H34ClN3O5S/c1-19(26(32)28-21-11-5-4-6-12-21)29(17-20-10-7-8-15-24(20)27)25(31)18-30(36(3,33)34)22-13-9-14-23(16-22)35-2/h7-10,13-16,19,21H,4-6,11-12,17-18H2,1-3H3,(H,28,32)/t19-/m1/s1. The van der Waals surface area contributed by atoms with Gasteiger partial charge in [0.25, 0.3) is 0 Å². The lowest BCUT2D eigenvalue weighted by atomic mass is 9.95. The average Bonchev–Trinajstić information content (AvgIpc) is 2.86. The Bertz CT molecular complexity index is 1170. The van der Waals surface area contributed by atoms with Crippen LogP contribution < -0.4 is 14.4 Å². The number of rotatable bonds is 10. The Morgan fingerprint density at radius 3 is 2.44 bits per heavy atom. The summed E-state index contributed by atoms with van der Waals surface area (Å²) in [6.45, 7) is 1.24. The van der Waals surface area contributed by atoms with E-state index < -0.39 is 28.5 Å². The lowest BCUT2D eigenvalue weighted by Gasteiger charge is -2.33. The normalized spacial score (nSPS) is 15.1. The molecular formula is C26H34ClN3O5S. The summed E-state index contributed by atoms with van der Waals surface area (Å²) < 4.78 is 31.6. The maximum atomic E-state index is 13.6. The zero-order chi connectivity index (χ0) is 26.3. The number of carbonyl (C=O) groups excluding carboxylic acids is 2. The second-order valence-corrected chi connectivity index (χ2v) is 11.4. The third kappa shape index (κ3) is 7.36. The molecule has 36 heavy (non-hydrogen) atoms. The van der Waals surface area contributed by atoms with E-state index in [1.54, 1.807) is 55.5 Å². The van der Waals surface area contributed by atoms with Crippen LogP contribution in [0.3, 0.4) is 0 Å². The molecule has 1 saturated carbocycles. The minimum Gasteiger partial charge on any atom is -0.497 e. The minimum atomic E-state index is -3.82. The van der Waals surface area contributed by atoms with Crippen LogP contribution in [-0.4, -0.2) is 57.1 Å². The van der Waals surface area contributed by atoms with Crippen LogP contribution in [0.2, 0.25) is 5.02 Å². The van der Waals surface area contributed by atoms with Crippen LogP contribution in [0.25, 0.3) is 0 Å². The molecule has 196 valence electrons. The number of nitrogens with zero attached hydrogens (tertiary/aromatic N) is 2. The largest absolute Gasteiger partial charge is 0.497 e. The zero-order valence-electron chi connectivity index (χ0n) is 20.9. The lowest BCUT2D eigenvalue weighted by molar-refractivity contribution is -0.139. The number of hydrogen-bond acceptors (Lipinski definition) is 5. The van der Waals surface area contributed by atoms with Gasteiger partial charge in [0.05, 0.1) is 19.1 Å². The first-order valence-electron chi connectivity index (χ1n) is 12.0. The Morgan fingerprint density at radius 1 is 1.11 bits per heavy atom. The van der Waals surface area contributed by atoms with Gasteiger partial charge in [0.1, 0.15) is 18.3 Å². The molecule has 0 heterocycles. The molecule has 2 amide bonds. The number of hydrogen-bond donors (Lipinski definition) is 1. The van der Waals surface area contributed by atoms with Crippen LogP contribution in [0.15, 0.2) is 48.5 Å². The van der Waals surface area contributed by atoms with Crippen molar-refractivity contribution in [2.24, 2.45) is 0 Å². The molecule has 0 saturated heterocycles. The van der Waals surface area contributed by atoms with E-state index in [-0.39, 0.29) is 18.5 Å². The number of ether oxygens (including phenoxy) is 1. The van der Waals surface area contributed by atoms with E-state index in [0.717, 1.165) is 42.7 Å². The number of amides is 2. The highest BCUT2D eigenvalue weighted by atomic mass is 35.5. The topological polar surface area (TPSA) is 96.0 Å². The van der Waals surface area contributed by atoms with Gasteiger partial charge in [-0.3, -0.25) is 13.9 Å². The molecule has 8 nitrogen and oxygen atoms in total. The number of anilines is 1. The zero-order valence-corrected chi connectivity index (χ0v) is 22.5. The summed E-state index contributed by atoms with van der Waals surface area (Å²) in [4.78, 5) is 28.2. The van der Waals surface area contributed by atoms with Crippen molar-refractivity contribution in [1.82, 2.24) is 10.2 Å². The molecule has 2 aromatic carbocycles. The number of halogens is 1. The molecule has 2 aromatic rings. The summed E-state index contributed by atoms with van der Waals surface area (Å²) in [5.74, 6) is -0.328. The Labute approximate surface area is 218 Å². The van der Waals surface area contributed by atoms with Gasteiger partial charge in [-0.05, 0) is 43.5 Å². The second kappa shape index (κ2) is 12.5. The smallest absolute Gasteiger partial charge is 0.244 e. The fourth-order valence-corrected chi connectivity index (χ4v) is 5.38. The van der Waals surface area contributed by atoms with E-state index in [9.17, 15) is 18.0 Å². The van der Waals surface area contributed by atoms with Crippen LogP contribution in [0, 0.1) is 0 Å². The van der Waals surface area contributed by atoms with Crippen LogP contribution in [0.5, 0.6) is 5.75 Å². The van der Waals surface area contributed by atoms with Gasteiger partial charge in [0.15, 0.2) is 0 Å². The molecule has 0 aromatic heterocycles. The van der Waals surface area contributed by atoms with Gasteiger partial charge < -0.3 is 15.0 Å². The predicted molar refractivity (Wildman–Crippen MR) is 142 cm³/mol. The molecule has 3 rings (SSSR count). The average molecular weight is 536 g/mol. The summed E-state index contributed by atoms with van der Waals surface area (Å²) in [5.41, 5.74) is 0.958. The molecule has 10 heteroatoms. The molecule has 0 bridgehead atoms. The first-order chi connectivity index (χ1) is 17.1. The molecule has 0 aliphatic heterocycles. The Hall–Kier alpha value is -2.78. The Morgan fingerprint density at radius 2 is 1.81 bits per heavy atom. The van der Waals surface area contributed by atoms with Gasteiger partial charge >= 0.3 is 0 Å². The molecule has 0 spiro atoms. The summed E-state index contributed by atoms with van der Waals surface area (Å²) in [6.07, 6.45) is 6.14. The van der Waals surface area contributed by atoms with Crippen LogP contribution in [-0.2, 0) is 26.2 Å². The van der Waals surface area contributed by atoms with E-state index in [1.807, 2.05) is 0 Å². The van der Waals surface area contributed by atoms with Crippen molar-refractivity contribution in [3.05, 3.63) is 59.1 Å². The maximum absolute atomic E-state index is 13.6. The highest BCUT2D eigenvalue weighted by molar-refractivity contribution is 7.92. The van der Waals surface area contributed by atoms with E-state index >= 15 is 0 Å². The van der Waals surface area contributed by atoms with Crippen molar-refractivity contribution in [2.75, 3.05) is 24.2 Å². The lowest BCUT2D eigenvalue weighted by Crippen LogP contribution is -2.53. The fourth-order valence-electron chi connectivity index (χ4n) is 4.34. The molecule has 1 fully saturated rings. The van der Waals surface area contributed by atoms with Gasteiger partial charge in [-0.25, -0.2) is 8.42 Å². The van der Waals surface area contributed by atoms with Gasteiger partial charge in [-0.1, -0.05) is 55.1 Å². The molecule has 1 aliphatic carbocycles. The SMILES string of the molecule is COc1cccc(N(CC(=O)N(Cc2ccccc2Cl)[C@H](C)C(=O)NC2CCCCC2)S(C)(=O)=O)c1. The Kier molecular flexibility index (Phi) is 9.62. The maximum Gasteiger partial charge on any atom is 0.244 e. The van der Waals surface area contributed by atoms with Gasteiger partial charge in [0.2, 0.25) is 21.8 Å². The summed E-state index contributed by atoms with van der Waals surface area (Å²) >= 11 is 6.36. The van der Waals surface area contributed by atoms with Crippen LogP contribution in [0.4, 0.5) is 5.69 Å². The van der Waals surface area contributed by atoms with Crippen molar-refractivity contribution in [2.45, 2.75) is 57.7 Å². The summed E-state index contributed by atoms with van der Waals surface area (Å²) in [5, 5.41) is 3.53. The first-order valence-corrected chi connectivity index (χ1v) is 14.3. The molecular weight excluding hydrogens is 502 g/mol. The third-order valence-corrected chi connectivity index (χ3v) is 7.95. The van der Waals surface area contributed by atoms with Crippen molar-refractivity contribution in [1.29, 1.82) is 0 Å². The van der Waals surface area contributed by atoms with E-state index in [0.29, 0.717) is 22.0 Å². The van der Waals surface area contributed by atoms with E-state index in [2.05, 4.69) is 5.32 Å². The second-order valence-electron chi connectivity index (χ2n) is 9.10. The number of benzene rings is 2. The van der Waals surface area contributed by atoms with Crippen molar-refractivity contribution in [3.63, 3.8) is 0 Å². The molecule has 1 atom stereocenters. The van der Waals surface area contributed by atoms with Crippen molar-refractivity contribution >= 4 is 39.1 Å². The molecule has 0 unspecified atom stereocenters. The van der Waals surface area contributed by atoms with E-state index in [1.165, 1.54) is 12.0 Å². The minimum absolute atomic E-state index is 0.0630. The molecule has 1 N–H and O–H groups in total. The van der Waals surface area contributed by atoms with Crippen LogP contribution >= 0.6 is 11.6 Å². The Balaban J connectivity index is 1.89. The monoisotopic (exact) mass is 535 g/mol. The van der Waals surface area contributed by atoms with Gasteiger partial charge in [0, 0.05) is 23.7 Å². The summed E-state index contributed by atoms with van der Waals surface area (Å²) in [7, 11) is -2.34. The highest BCUT2D eigenvalue weighted by Gasteiger charge is 2.31. The van der Waals surface area contributed by atoms with Gasteiger partial charge in [-0.15, -0.1) is 0 Å². The highest BCUT2D eigenvalue weighted by Crippen LogP contribution is 2.25. The predicted octanol–water partition coefficient (Wildman–Crippen LogP) is 3.98. The number of carbonyl (C=O) groups is 2. The van der Waals surface area contributed by atoms with Gasteiger partial charge in [-0.2, -0.15) is 0 Å². The first kappa shape index (κ1) is 27.8. The van der Waals surface area contributed by atoms with Crippen LogP contribution in [0.1, 0.15) is 44.6 Å². The quantitative estimate of drug-likeness (QED) is 0.496. The fraction of sp³-hybridized carbons (Fsp3) is 0.462. The van der Waals surface area contributed by atoms with Crippen molar-refractivity contribution < 1.29 is 22.7 Å². The van der Waals surface area contributed by atoms with E-state index in [4.69, 9.17) is 16.3 Å². The number of sulfonamides is 1. The molecule has 1 aliphatic rings. The van der Waals surface area contributed by atoms with Crippen molar-refractivity contribution in [3.8, 4) is 5.75 Å². The number of nitrogens with one attached hydrogen (secondary N) is 1. The third-order valence-electron chi connectivity index (χ3n) is 6.44. The molecule has 0 radical (unpaired) electrons.